The summed E-state index contributed by atoms with van der Waals surface area (Å²) in [4.78, 5) is 3.85. The van der Waals surface area contributed by atoms with Crippen LogP contribution >= 0.6 is 0 Å². The molecule has 0 saturated carbocycles. The third kappa shape index (κ3) is 2.68. The second kappa shape index (κ2) is 5.23. The third-order valence-electron chi connectivity index (χ3n) is 2.51. The van der Waals surface area contributed by atoms with Crippen LogP contribution in [0.2, 0.25) is 0 Å². The van der Waals surface area contributed by atoms with Crippen molar-refractivity contribution in [2.75, 3.05) is 13.2 Å². The summed E-state index contributed by atoms with van der Waals surface area (Å²) in [6, 6.07) is 1.24. The molecule has 5 heteroatoms. The Morgan fingerprint density at radius 2 is 2.25 bits per heavy atom. The molecule has 1 aliphatic rings. The van der Waals surface area contributed by atoms with Crippen LogP contribution in [0.5, 0.6) is 5.88 Å². The van der Waals surface area contributed by atoms with Gasteiger partial charge in [-0.3, -0.25) is 0 Å². The highest BCUT2D eigenvalue weighted by Gasteiger charge is 2.17. The largest absolute Gasteiger partial charge is 0.474 e. The molecule has 0 spiro atoms. The van der Waals surface area contributed by atoms with Gasteiger partial charge in [0.25, 0.3) is 0 Å². The third-order valence-corrected chi connectivity index (χ3v) is 2.51. The van der Waals surface area contributed by atoms with Crippen molar-refractivity contribution in [1.29, 1.82) is 0 Å². The first-order valence-corrected chi connectivity index (χ1v) is 5.29. The number of hydrogen-bond acceptors (Lipinski definition) is 4. The average molecular weight is 227 g/mol. The molecule has 1 saturated heterocycles. The molecular weight excluding hydrogens is 213 g/mol. The number of aliphatic hydroxyl groups excluding tert-OH is 1. The predicted octanol–water partition coefficient (Wildman–Crippen LogP) is 1.27. The van der Waals surface area contributed by atoms with Gasteiger partial charge in [-0.05, 0) is 6.07 Å². The minimum absolute atomic E-state index is 0.0389. The molecule has 1 aromatic heterocycles. The van der Waals surface area contributed by atoms with Crippen LogP contribution in [0.3, 0.4) is 0 Å². The van der Waals surface area contributed by atoms with Crippen LogP contribution < -0.4 is 4.74 Å². The molecule has 1 N–H and O–H groups in total. The highest BCUT2D eigenvalue weighted by molar-refractivity contribution is 5.25. The molecule has 0 aromatic carbocycles. The standard InChI is InChI=1S/C11H14FNO3/c12-9-5-8(7-14)11(13-6-9)16-10-1-3-15-4-2-10/h5-6,10,14H,1-4,7H2. The number of rotatable bonds is 3. The Kier molecular flexibility index (Phi) is 3.69. The fraction of sp³-hybridized carbons (Fsp3) is 0.545. The van der Waals surface area contributed by atoms with Crippen LogP contribution in [0.15, 0.2) is 12.3 Å². The normalized spacial score (nSPS) is 17.4. The molecule has 4 nitrogen and oxygen atoms in total. The van der Waals surface area contributed by atoms with Crippen molar-refractivity contribution < 1.29 is 19.0 Å². The van der Waals surface area contributed by atoms with Gasteiger partial charge in [0.2, 0.25) is 5.88 Å². The Bertz CT molecular complexity index is 353. The highest BCUT2D eigenvalue weighted by Crippen LogP contribution is 2.20. The number of halogens is 1. The summed E-state index contributed by atoms with van der Waals surface area (Å²) in [7, 11) is 0. The van der Waals surface area contributed by atoms with E-state index in [-0.39, 0.29) is 12.7 Å². The molecule has 2 heterocycles. The Balaban J connectivity index is 2.07. The highest BCUT2D eigenvalue weighted by atomic mass is 19.1. The van der Waals surface area contributed by atoms with Gasteiger partial charge in [-0.25, -0.2) is 9.37 Å². The lowest BCUT2D eigenvalue weighted by molar-refractivity contribution is 0.0227. The first-order valence-electron chi connectivity index (χ1n) is 5.29. The maximum absolute atomic E-state index is 12.9. The Labute approximate surface area is 93.0 Å². The second-order valence-electron chi connectivity index (χ2n) is 3.71. The van der Waals surface area contributed by atoms with Crippen molar-refractivity contribution in [3.05, 3.63) is 23.6 Å². The van der Waals surface area contributed by atoms with E-state index in [2.05, 4.69) is 4.98 Å². The summed E-state index contributed by atoms with van der Waals surface area (Å²) in [5.41, 5.74) is 0.381. The topological polar surface area (TPSA) is 51.6 Å². The summed E-state index contributed by atoms with van der Waals surface area (Å²) >= 11 is 0. The fourth-order valence-corrected chi connectivity index (χ4v) is 1.64. The molecule has 0 unspecified atom stereocenters. The minimum Gasteiger partial charge on any atom is -0.474 e. The lowest BCUT2D eigenvalue weighted by Crippen LogP contribution is -2.26. The van der Waals surface area contributed by atoms with Gasteiger partial charge in [0.1, 0.15) is 11.9 Å². The van der Waals surface area contributed by atoms with Crippen molar-refractivity contribution >= 4 is 0 Å². The Hall–Kier alpha value is -1.20. The summed E-state index contributed by atoms with van der Waals surface area (Å²) in [5.74, 6) is -0.154. The number of hydrogen-bond donors (Lipinski definition) is 1. The smallest absolute Gasteiger partial charge is 0.219 e. The zero-order valence-electron chi connectivity index (χ0n) is 8.86. The Morgan fingerprint density at radius 1 is 1.50 bits per heavy atom. The molecule has 0 amide bonds. The molecule has 88 valence electrons. The number of nitrogens with zero attached hydrogens (tertiary/aromatic N) is 1. The Morgan fingerprint density at radius 3 is 2.94 bits per heavy atom. The molecular formula is C11H14FNO3. The zero-order chi connectivity index (χ0) is 11.4. The average Bonchev–Trinajstić information content (AvgIpc) is 2.33. The second-order valence-corrected chi connectivity index (χ2v) is 3.71. The van der Waals surface area contributed by atoms with Crippen LogP contribution in [0.1, 0.15) is 18.4 Å². The molecule has 0 aliphatic carbocycles. The van der Waals surface area contributed by atoms with Crippen molar-refractivity contribution in [3.8, 4) is 5.88 Å². The van der Waals surface area contributed by atoms with Gasteiger partial charge in [0, 0.05) is 18.4 Å². The van der Waals surface area contributed by atoms with E-state index >= 15 is 0 Å². The zero-order valence-corrected chi connectivity index (χ0v) is 8.86. The van der Waals surface area contributed by atoms with Crippen LogP contribution in [0, 0.1) is 5.82 Å². The van der Waals surface area contributed by atoms with Crippen LogP contribution in [0.25, 0.3) is 0 Å². The van der Waals surface area contributed by atoms with E-state index < -0.39 is 5.82 Å². The van der Waals surface area contributed by atoms with Crippen LogP contribution in [-0.2, 0) is 11.3 Å². The van der Waals surface area contributed by atoms with Gasteiger partial charge in [0.15, 0.2) is 0 Å². The molecule has 16 heavy (non-hydrogen) atoms. The van der Waals surface area contributed by atoms with E-state index in [0.29, 0.717) is 24.7 Å². The fourth-order valence-electron chi connectivity index (χ4n) is 1.64. The van der Waals surface area contributed by atoms with E-state index in [0.717, 1.165) is 19.0 Å². The lowest BCUT2D eigenvalue weighted by Gasteiger charge is -2.23. The van der Waals surface area contributed by atoms with Crippen molar-refractivity contribution in [3.63, 3.8) is 0 Å². The van der Waals surface area contributed by atoms with Gasteiger partial charge >= 0.3 is 0 Å². The number of aromatic nitrogens is 1. The first-order chi connectivity index (χ1) is 7.79. The number of aliphatic hydroxyl groups is 1. The molecule has 0 bridgehead atoms. The number of pyridine rings is 1. The van der Waals surface area contributed by atoms with Crippen molar-refractivity contribution in [2.45, 2.75) is 25.6 Å². The maximum atomic E-state index is 12.9. The lowest BCUT2D eigenvalue weighted by atomic mass is 10.1. The predicted molar refractivity (Wildman–Crippen MR) is 54.6 cm³/mol. The minimum atomic E-state index is -0.469. The molecule has 0 atom stereocenters. The van der Waals surface area contributed by atoms with Gasteiger partial charge in [-0.15, -0.1) is 0 Å². The monoisotopic (exact) mass is 227 g/mol. The van der Waals surface area contributed by atoms with E-state index in [1.165, 1.54) is 6.07 Å². The van der Waals surface area contributed by atoms with E-state index in [1.807, 2.05) is 0 Å². The molecule has 1 fully saturated rings. The van der Waals surface area contributed by atoms with Crippen molar-refractivity contribution in [1.82, 2.24) is 4.98 Å². The van der Waals surface area contributed by atoms with E-state index in [4.69, 9.17) is 14.6 Å². The van der Waals surface area contributed by atoms with E-state index in [1.54, 1.807) is 0 Å². The van der Waals surface area contributed by atoms with Gasteiger partial charge in [-0.1, -0.05) is 0 Å². The quantitative estimate of drug-likeness (QED) is 0.844. The molecule has 1 aliphatic heterocycles. The molecule has 1 aromatic rings. The van der Waals surface area contributed by atoms with Crippen molar-refractivity contribution in [2.24, 2.45) is 0 Å². The SMILES string of the molecule is OCc1cc(F)cnc1OC1CCOCC1. The van der Waals surface area contributed by atoms with Gasteiger partial charge < -0.3 is 14.6 Å². The van der Waals surface area contributed by atoms with Gasteiger partial charge in [0.05, 0.1) is 26.0 Å². The summed E-state index contributed by atoms with van der Waals surface area (Å²) in [5, 5.41) is 9.06. The molecule has 0 radical (unpaired) electrons. The summed E-state index contributed by atoms with van der Waals surface area (Å²) in [6.07, 6.45) is 2.72. The first kappa shape index (κ1) is 11.3. The van der Waals surface area contributed by atoms with E-state index in [9.17, 15) is 4.39 Å². The van der Waals surface area contributed by atoms with Crippen LogP contribution in [0.4, 0.5) is 4.39 Å². The maximum Gasteiger partial charge on any atom is 0.219 e. The van der Waals surface area contributed by atoms with Gasteiger partial charge in [-0.2, -0.15) is 0 Å². The molecule has 2 rings (SSSR count). The summed E-state index contributed by atoms with van der Waals surface area (Å²) in [6.45, 7) is 1.06. The summed E-state index contributed by atoms with van der Waals surface area (Å²) < 4.78 is 23.7. The number of ether oxygens (including phenoxy) is 2. The van der Waals surface area contributed by atoms with Crippen LogP contribution in [-0.4, -0.2) is 29.4 Å².